The fourth-order valence-corrected chi connectivity index (χ4v) is 1.31. The zero-order valence-corrected chi connectivity index (χ0v) is 9.46. The molecular formula is C12H14F2O2. The average Bonchev–Trinajstić information content (AvgIpc) is 2.15. The van der Waals surface area contributed by atoms with Crippen LogP contribution in [0.1, 0.15) is 36.7 Å². The van der Waals surface area contributed by atoms with Gasteiger partial charge in [-0.3, -0.25) is 4.79 Å². The number of aldehydes is 1. The van der Waals surface area contributed by atoms with Crippen LogP contribution >= 0.6 is 0 Å². The van der Waals surface area contributed by atoms with Gasteiger partial charge in [0.2, 0.25) is 0 Å². The molecule has 0 heterocycles. The molecule has 0 aliphatic carbocycles. The summed E-state index contributed by atoms with van der Waals surface area (Å²) in [5.41, 5.74) is 0.908. The summed E-state index contributed by atoms with van der Waals surface area (Å²) in [5.74, 6) is -0.0852. The van der Waals surface area contributed by atoms with E-state index in [1.165, 1.54) is 6.07 Å². The molecule has 1 rings (SSSR count). The highest BCUT2D eigenvalue weighted by Gasteiger charge is 2.17. The molecule has 16 heavy (non-hydrogen) atoms. The molecule has 0 spiro atoms. The maximum absolute atomic E-state index is 12.0. The van der Waals surface area contributed by atoms with E-state index in [0.717, 1.165) is 5.56 Å². The molecule has 0 bridgehead atoms. The summed E-state index contributed by atoms with van der Waals surface area (Å²) in [6, 6.07) is 4.66. The van der Waals surface area contributed by atoms with Gasteiger partial charge in [0.1, 0.15) is 5.75 Å². The van der Waals surface area contributed by atoms with E-state index in [9.17, 15) is 13.6 Å². The average molecular weight is 228 g/mol. The van der Waals surface area contributed by atoms with E-state index in [-0.39, 0.29) is 16.7 Å². The Kier molecular flexibility index (Phi) is 3.62. The number of carbonyl (C=O) groups excluding carboxylic acids is 1. The predicted octanol–water partition coefficient (Wildman–Crippen LogP) is 3.40. The van der Waals surface area contributed by atoms with Crippen molar-refractivity contribution in [1.82, 2.24) is 0 Å². The zero-order valence-electron chi connectivity index (χ0n) is 9.46. The molecule has 0 aliphatic rings. The lowest BCUT2D eigenvalue weighted by atomic mass is 9.86. The van der Waals surface area contributed by atoms with Gasteiger partial charge in [0.25, 0.3) is 0 Å². The van der Waals surface area contributed by atoms with E-state index in [1.807, 2.05) is 20.8 Å². The summed E-state index contributed by atoms with van der Waals surface area (Å²) < 4.78 is 28.3. The number of hydrogen-bond donors (Lipinski definition) is 0. The van der Waals surface area contributed by atoms with Crippen LogP contribution in [-0.4, -0.2) is 12.9 Å². The lowest BCUT2D eigenvalue weighted by Gasteiger charge is -2.20. The largest absolute Gasteiger partial charge is 0.434 e. The summed E-state index contributed by atoms with van der Waals surface area (Å²) in [5, 5.41) is 0. The number of hydrogen-bond acceptors (Lipinski definition) is 2. The Morgan fingerprint density at radius 3 is 2.38 bits per heavy atom. The van der Waals surface area contributed by atoms with Crippen molar-refractivity contribution >= 4 is 6.29 Å². The third kappa shape index (κ3) is 3.02. The molecule has 0 amide bonds. The monoisotopic (exact) mass is 228 g/mol. The van der Waals surface area contributed by atoms with Gasteiger partial charge < -0.3 is 4.74 Å². The number of alkyl halides is 2. The number of carbonyl (C=O) groups is 1. The zero-order chi connectivity index (χ0) is 12.3. The normalized spacial score (nSPS) is 11.6. The topological polar surface area (TPSA) is 26.3 Å². The molecule has 0 saturated carbocycles. The molecule has 0 fully saturated rings. The van der Waals surface area contributed by atoms with Gasteiger partial charge in [-0.25, -0.2) is 0 Å². The van der Waals surface area contributed by atoms with E-state index in [2.05, 4.69) is 4.74 Å². The second-order valence-electron chi connectivity index (χ2n) is 4.50. The van der Waals surface area contributed by atoms with Crippen LogP contribution in [0.5, 0.6) is 5.75 Å². The molecule has 0 saturated heterocycles. The van der Waals surface area contributed by atoms with Gasteiger partial charge in [0.15, 0.2) is 6.29 Å². The molecule has 0 atom stereocenters. The number of ether oxygens (including phenoxy) is 1. The maximum atomic E-state index is 12.0. The van der Waals surface area contributed by atoms with E-state index in [4.69, 9.17) is 0 Å². The molecule has 1 aromatic carbocycles. The molecule has 4 heteroatoms. The van der Waals surface area contributed by atoms with Crippen LogP contribution in [0.25, 0.3) is 0 Å². The van der Waals surface area contributed by atoms with E-state index in [0.29, 0.717) is 6.29 Å². The third-order valence-electron chi connectivity index (χ3n) is 2.22. The second-order valence-corrected chi connectivity index (χ2v) is 4.50. The maximum Gasteiger partial charge on any atom is 0.387 e. The van der Waals surface area contributed by atoms with Crippen LogP contribution in [0, 0.1) is 0 Å². The van der Waals surface area contributed by atoms with Crippen molar-refractivity contribution in [3.05, 3.63) is 29.3 Å². The molecule has 2 nitrogen and oxygen atoms in total. The highest BCUT2D eigenvalue weighted by molar-refractivity contribution is 5.79. The molecule has 0 aliphatic heterocycles. The molecule has 88 valence electrons. The van der Waals surface area contributed by atoms with Gasteiger partial charge in [0, 0.05) is 0 Å². The Morgan fingerprint density at radius 2 is 1.94 bits per heavy atom. The minimum Gasteiger partial charge on any atom is -0.434 e. The van der Waals surface area contributed by atoms with E-state index < -0.39 is 6.61 Å². The number of rotatable bonds is 3. The number of benzene rings is 1. The molecule has 1 aromatic rings. The Bertz CT molecular complexity index is 381. The first kappa shape index (κ1) is 12.6. The molecule has 0 N–H and O–H groups in total. The summed E-state index contributed by atoms with van der Waals surface area (Å²) in [7, 11) is 0. The lowest BCUT2D eigenvalue weighted by molar-refractivity contribution is -0.0500. The fourth-order valence-electron chi connectivity index (χ4n) is 1.31. The third-order valence-corrected chi connectivity index (χ3v) is 2.22. The Balaban J connectivity index is 3.12. The smallest absolute Gasteiger partial charge is 0.387 e. The quantitative estimate of drug-likeness (QED) is 0.741. The van der Waals surface area contributed by atoms with Gasteiger partial charge >= 0.3 is 6.61 Å². The Labute approximate surface area is 93.2 Å². The van der Waals surface area contributed by atoms with Crippen LogP contribution in [0.2, 0.25) is 0 Å². The van der Waals surface area contributed by atoms with E-state index >= 15 is 0 Å². The highest BCUT2D eigenvalue weighted by Crippen LogP contribution is 2.27. The van der Waals surface area contributed by atoms with Crippen molar-refractivity contribution in [2.45, 2.75) is 32.8 Å². The van der Waals surface area contributed by atoms with Gasteiger partial charge in [-0.1, -0.05) is 26.8 Å². The first-order valence-corrected chi connectivity index (χ1v) is 4.89. The minimum absolute atomic E-state index is 0.0852. The van der Waals surface area contributed by atoms with Crippen molar-refractivity contribution < 1.29 is 18.3 Å². The Hall–Kier alpha value is -1.45. The predicted molar refractivity (Wildman–Crippen MR) is 57.2 cm³/mol. The summed E-state index contributed by atoms with van der Waals surface area (Å²) in [4.78, 5) is 10.8. The van der Waals surface area contributed by atoms with Crippen molar-refractivity contribution in [2.24, 2.45) is 0 Å². The minimum atomic E-state index is -2.92. The molecule has 0 unspecified atom stereocenters. The summed E-state index contributed by atoms with van der Waals surface area (Å²) in [6.07, 6.45) is 0.521. The first-order valence-electron chi connectivity index (χ1n) is 4.89. The van der Waals surface area contributed by atoms with Crippen LogP contribution < -0.4 is 4.74 Å². The fraction of sp³-hybridized carbons (Fsp3) is 0.417. The van der Waals surface area contributed by atoms with Crippen LogP contribution in [0.15, 0.2) is 18.2 Å². The van der Waals surface area contributed by atoms with Crippen LogP contribution in [0.3, 0.4) is 0 Å². The number of halogens is 2. The highest BCUT2D eigenvalue weighted by atomic mass is 19.3. The Morgan fingerprint density at radius 1 is 1.31 bits per heavy atom. The molecule has 0 aromatic heterocycles. The van der Waals surface area contributed by atoms with Gasteiger partial charge in [-0.05, 0) is 23.1 Å². The van der Waals surface area contributed by atoms with E-state index in [1.54, 1.807) is 12.1 Å². The lowest BCUT2D eigenvalue weighted by Crippen LogP contribution is -2.12. The van der Waals surface area contributed by atoms with Crippen molar-refractivity contribution in [3.63, 3.8) is 0 Å². The summed E-state index contributed by atoms with van der Waals surface area (Å²) in [6.45, 7) is 3.01. The van der Waals surface area contributed by atoms with Gasteiger partial charge in [0.05, 0.1) is 5.56 Å². The van der Waals surface area contributed by atoms with Crippen LogP contribution in [-0.2, 0) is 5.41 Å². The standard InChI is InChI=1S/C12H14F2O2/c1-12(2,3)9-4-5-10(16-11(13)14)8(6-9)7-15/h4-7,11H,1-3H3. The van der Waals surface area contributed by atoms with Crippen LogP contribution in [0.4, 0.5) is 8.78 Å². The molecule has 0 radical (unpaired) electrons. The van der Waals surface area contributed by atoms with Gasteiger partial charge in [-0.2, -0.15) is 8.78 Å². The van der Waals surface area contributed by atoms with Gasteiger partial charge in [-0.15, -0.1) is 0 Å². The molecular weight excluding hydrogens is 214 g/mol. The SMILES string of the molecule is CC(C)(C)c1ccc(OC(F)F)c(C=O)c1. The first-order chi connectivity index (χ1) is 7.34. The second kappa shape index (κ2) is 4.60. The summed E-state index contributed by atoms with van der Waals surface area (Å²) >= 11 is 0. The van der Waals surface area contributed by atoms with Crippen molar-refractivity contribution in [2.75, 3.05) is 0 Å². The van der Waals surface area contributed by atoms with Crippen molar-refractivity contribution in [1.29, 1.82) is 0 Å². The van der Waals surface area contributed by atoms with Crippen molar-refractivity contribution in [3.8, 4) is 5.75 Å².